The van der Waals surface area contributed by atoms with E-state index in [1.54, 1.807) is 14.2 Å². The average Bonchev–Trinajstić information content (AvgIpc) is 2.73. The number of hydrogen-bond acceptors (Lipinski definition) is 3. The molecule has 0 aromatic heterocycles. The molecule has 0 bridgehead atoms. The number of benzene rings is 2. The molecule has 5 heteroatoms. The van der Waals surface area contributed by atoms with Crippen LogP contribution in [-0.4, -0.2) is 32.7 Å². The first kappa shape index (κ1) is 23.1. The molecule has 0 spiro atoms. The van der Waals surface area contributed by atoms with Crippen LogP contribution < -0.4 is 19.7 Å². The number of carbonyl (C=O) groups is 1. The number of fused-ring (bicyclic) bond motifs is 1. The molecule has 1 aliphatic rings. The van der Waals surface area contributed by atoms with Crippen LogP contribution in [0, 0.1) is 12.8 Å². The number of carbonyl (C=O) groups excluding carboxylic acids is 1. The molecule has 0 saturated heterocycles. The smallest absolute Gasteiger partial charge is 0.220 e. The highest BCUT2D eigenvalue weighted by Gasteiger charge is 2.37. The molecule has 1 heterocycles. The Morgan fingerprint density at radius 3 is 2.35 bits per heavy atom. The van der Waals surface area contributed by atoms with Gasteiger partial charge >= 0.3 is 0 Å². The topological polar surface area (TPSA) is 52.0 Å². The summed E-state index contributed by atoms with van der Waals surface area (Å²) in [6.07, 6.45) is 1.52. The lowest BCUT2D eigenvalue weighted by Crippen LogP contribution is -3.13. The molecule has 2 N–H and O–H groups in total. The van der Waals surface area contributed by atoms with E-state index in [4.69, 9.17) is 9.47 Å². The SMILES string of the molecule is COc1cc2c(cc1OC)[C@H]([C@@H](C)NC(=O)CC(C)C)[NH+](Cc1ccc(C)cc1)CC2. The Morgan fingerprint density at radius 2 is 1.74 bits per heavy atom. The molecule has 31 heavy (non-hydrogen) atoms. The fraction of sp³-hybridized carbons (Fsp3) is 0.500. The Hall–Kier alpha value is -2.53. The van der Waals surface area contributed by atoms with Crippen molar-refractivity contribution in [1.29, 1.82) is 0 Å². The maximum absolute atomic E-state index is 12.6. The number of methoxy groups -OCH3 is 2. The van der Waals surface area contributed by atoms with Gasteiger partial charge < -0.3 is 19.7 Å². The predicted octanol–water partition coefficient (Wildman–Crippen LogP) is 3.25. The van der Waals surface area contributed by atoms with Crippen LogP contribution in [0.1, 0.15) is 55.5 Å². The minimum absolute atomic E-state index is 0.00356. The first-order valence-electron chi connectivity index (χ1n) is 11.3. The molecular formula is C26H37N2O3+. The van der Waals surface area contributed by atoms with Crippen LogP contribution in [0.5, 0.6) is 11.5 Å². The predicted molar refractivity (Wildman–Crippen MR) is 124 cm³/mol. The van der Waals surface area contributed by atoms with Gasteiger partial charge in [-0.25, -0.2) is 0 Å². The van der Waals surface area contributed by atoms with Crippen molar-refractivity contribution in [2.45, 2.75) is 59.2 Å². The summed E-state index contributed by atoms with van der Waals surface area (Å²) in [6, 6.07) is 13.1. The molecule has 3 rings (SSSR count). The van der Waals surface area contributed by atoms with Crippen molar-refractivity contribution in [2.75, 3.05) is 20.8 Å². The van der Waals surface area contributed by atoms with Gasteiger partial charge in [-0.3, -0.25) is 4.79 Å². The Balaban J connectivity index is 1.95. The molecule has 2 aromatic rings. The zero-order valence-corrected chi connectivity index (χ0v) is 19.7. The van der Waals surface area contributed by atoms with Gasteiger partial charge in [-0.15, -0.1) is 0 Å². The van der Waals surface area contributed by atoms with Gasteiger partial charge in [-0.1, -0.05) is 43.7 Å². The van der Waals surface area contributed by atoms with Gasteiger partial charge in [-0.05, 0) is 37.5 Å². The zero-order valence-electron chi connectivity index (χ0n) is 19.7. The Kier molecular flexibility index (Phi) is 7.60. The summed E-state index contributed by atoms with van der Waals surface area (Å²) in [5.74, 6) is 1.96. The quantitative estimate of drug-likeness (QED) is 0.683. The van der Waals surface area contributed by atoms with Gasteiger partial charge in [0.25, 0.3) is 0 Å². The highest BCUT2D eigenvalue weighted by Crippen LogP contribution is 2.35. The van der Waals surface area contributed by atoms with Crippen LogP contribution in [0.25, 0.3) is 0 Å². The largest absolute Gasteiger partial charge is 0.493 e. The summed E-state index contributed by atoms with van der Waals surface area (Å²) < 4.78 is 11.1. The molecule has 3 atom stereocenters. The minimum Gasteiger partial charge on any atom is -0.493 e. The molecule has 1 amide bonds. The third kappa shape index (κ3) is 5.59. The first-order valence-corrected chi connectivity index (χ1v) is 11.3. The molecule has 5 nitrogen and oxygen atoms in total. The Morgan fingerprint density at radius 1 is 1.10 bits per heavy atom. The van der Waals surface area contributed by atoms with E-state index in [1.807, 2.05) is 0 Å². The van der Waals surface area contributed by atoms with Crippen molar-refractivity contribution < 1.29 is 19.2 Å². The van der Waals surface area contributed by atoms with Gasteiger partial charge in [0.1, 0.15) is 12.6 Å². The molecule has 168 valence electrons. The van der Waals surface area contributed by atoms with Crippen molar-refractivity contribution >= 4 is 5.91 Å². The Bertz CT molecular complexity index is 892. The van der Waals surface area contributed by atoms with E-state index in [1.165, 1.54) is 27.2 Å². The number of hydrogen-bond donors (Lipinski definition) is 2. The van der Waals surface area contributed by atoms with Crippen molar-refractivity contribution in [1.82, 2.24) is 5.32 Å². The number of nitrogens with one attached hydrogen (secondary N) is 2. The summed E-state index contributed by atoms with van der Waals surface area (Å²) >= 11 is 0. The van der Waals surface area contributed by atoms with Crippen molar-refractivity contribution in [3.8, 4) is 11.5 Å². The Labute approximate surface area is 186 Å². The lowest BCUT2D eigenvalue weighted by molar-refractivity contribution is -0.948. The van der Waals surface area contributed by atoms with Crippen LogP contribution in [0.15, 0.2) is 36.4 Å². The molecular weight excluding hydrogens is 388 g/mol. The summed E-state index contributed by atoms with van der Waals surface area (Å²) in [6.45, 7) is 10.3. The van der Waals surface area contributed by atoms with Crippen LogP contribution in [0.3, 0.4) is 0 Å². The van der Waals surface area contributed by atoms with Gasteiger partial charge in [0.15, 0.2) is 11.5 Å². The zero-order chi connectivity index (χ0) is 22.5. The average molecular weight is 426 g/mol. The lowest BCUT2D eigenvalue weighted by atomic mass is 9.87. The normalized spacial score (nSPS) is 18.9. The van der Waals surface area contributed by atoms with E-state index in [-0.39, 0.29) is 18.0 Å². The van der Waals surface area contributed by atoms with Crippen molar-refractivity contribution in [2.24, 2.45) is 5.92 Å². The summed E-state index contributed by atoms with van der Waals surface area (Å²) in [5.41, 5.74) is 5.10. The molecule has 1 aliphatic heterocycles. The van der Waals surface area contributed by atoms with Gasteiger partial charge in [0.05, 0.1) is 26.8 Å². The number of amides is 1. The minimum atomic E-state index is 0.00356. The second-order valence-corrected chi connectivity index (χ2v) is 9.16. The fourth-order valence-electron chi connectivity index (χ4n) is 4.67. The van der Waals surface area contributed by atoms with Crippen LogP contribution in [-0.2, 0) is 17.8 Å². The second kappa shape index (κ2) is 10.2. The summed E-state index contributed by atoms with van der Waals surface area (Å²) in [4.78, 5) is 14.0. The fourth-order valence-corrected chi connectivity index (χ4v) is 4.67. The van der Waals surface area contributed by atoms with E-state index in [9.17, 15) is 4.79 Å². The monoisotopic (exact) mass is 425 g/mol. The van der Waals surface area contributed by atoms with Crippen LogP contribution in [0.2, 0.25) is 0 Å². The van der Waals surface area contributed by atoms with Gasteiger partial charge in [-0.2, -0.15) is 0 Å². The molecule has 0 aliphatic carbocycles. The van der Waals surface area contributed by atoms with Crippen LogP contribution in [0.4, 0.5) is 0 Å². The van der Waals surface area contributed by atoms with Crippen molar-refractivity contribution in [3.05, 3.63) is 58.7 Å². The van der Waals surface area contributed by atoms with Crippen molar-refractivity contribution in [3.63, 3.8) is 0 Å². The van der Waals surface area contributed by atoms with E-state index in [2.05, 4.69) is 69.4 Å². The maximum Gasteiger partial charge on any atom is 0.220 e. The highest BCUT2D eigenvalue weighted by atomic mass is 16.5. The third-order valence-electron chi connectivity index (χ3n) is 6.17. The highest BCUT2D eigenvalue weighted by molar-refractivity contribution is 5.76. The first-order chi connectivity index (χ1) is 14.8. The summed E-state index contributed by atoms with van der Waals surface area (Å²) in [7, 11) is 3.35. The number of ether oxygens (including phenoxy) is 2. The molecule has 0 fully saturated rings. The van der Waals surface area contributed by atoms with Gasteiger partial charge in [0, 0.05) is 24.0 Å². The van der Waals surface area contributed by atoms with E-state index in [0.717, 1.165) is 31.0 Å². The number of aryl methyl sites for hydroxylation is 1. The molecule has 0 saturated carbocycles. The van der Waals surface area contributed by atoms with Crippen LogP contribution >= 0.6 is 0 Å². The molecule has 1 unspecified atom stereocenters. The maximum atomic E-state index is 12.6. The number of rotatable bonds is 8. The molecule has 2 aromatic carbocycles. The van der Waals surface area contributed by atoms with E-state index < -0.39 is 0 Å². The second-order valence-electron chi connectivity index (χ2n) is 9.16. The van der Waals surface area contributed by atoms with Gasteiger partial charge in [0.2, 0.25) is 5.91 Å². The molecule has 0 radical (unpaired) electrons. The third-order valence-corrected chi connectivity index (χ3v) is 6.17. The number of quaternary nitrogens is 1. The summed E-state index contributed by atoms with van der Waals surface area (Å²) in [5, 5.41) is 3.28. The standard InChI is InChI=1S/C26H36N2O3/c1-17(2)13-25(29)27-19(4)26-22-15-24(31-6)23(30-5)14-21(22)11-12-28(26)16-20-9-7-18(3)8-10-20/h7-10,14-15,17,19,26H,11-13,16H2,1-6H3,(H,27,29)/p+1/t19-,26+/m1/s1. The van der Waals surface area contributed by atoms with E-state index in [0.29, 0.717) is 12.3 Å². The van der Waals surface area contributed by atoms with E-state index >= 15 is 0 Å². The lowest BCUT2D eigenvalue weighted by Gasteiger charge is -2.38.